The first-order valence-corrected chi connectivity index (χ1v) is 6.27. The summed E-state index contributed by atoms with van der Waals surface area (Å²) < 4.78 is 0. The standard InChI is InChI=1S/C12H21NO/c14-12-6-10-2-1-3-11(7-12)13(10)8-9-4-5-9/h9-12,14H,1-8H2/t10-,11-/m0/s1. The number of aliphatic hydroxyl groups excluding tert-OH is 1. The minimum absolute atomic E-state index is 0.000697. The van der Waals surface area contributed by atoms with Gasteiger partial charge in [0.2, 0.25) is 0 Å². The van der Waals surface area contributed by atoms with Crippen molar-refractivity contribution in [3.05, 3.63) is 0 Å². The van der Waals surface area contributed by atoms with Crippen LogP contribution in [-0.2, 0) is 0 Å². The summed E-state index contributed by atoms with van der Waals surface area (Å²) in [5, 5.41) is 9.76. The van der Waals surface area contributed by atoms with Gasteiger partial charge in [-0.15, -0.1) is 0 Å². The molecule has 0 radical (unpaired) electrons. The third kappa shape index (κ3) is 1.70. The lowest BCUT2D eigenvalue weighted by Gasteiger charge is -2.48. The van der Waals surface area contributed by atoms with Crippen LogP contribution in [0.3, 0.4) is 0 Å². The zero-order valence-corrected chi connectivity index (χ0v) is 8.86. The molecule has 0 aromatic rings. The van der Waals surface area contributed by atoms with E-state index >= 15 is 0 Å². The first kappa shape index (κ1) is 9.17. The van der Waals surface area contributed by atoms with Crippen molar-refractivity contribution in [2.24, 2.45) is 5.92 Å². The van der Waals surface area contributed by atoms with E-state index < -0.39 is 0 Å². The van der Waals surface area contributed by atoms with E-state index in [0.29, 0.717) is 0 Å². The van der Waals surface area contributed by atoms with Crippen LogP contribution >= 0.6 is 0 Å². The number of fused-ring (bicyclic) bond motifs is 2. The molecule has 0 aromatic carbocycles. The normalized spacial score (nSPS) is 43.9. The minimum atomic E-state index is 0.000697. The molecular weight excluding hydrogens is 174 g/mol. The highest BCUT2D eigenvalue weighted by atomic mass is 16.3. The third-order valence-electron chi connectivity index (χ3n) is 4.27. The Morgan fingerprint density at radius 3 is 2.21 bits per heavy atom. The quantitative estimate of drug-likeness (QED) is 0.726. The van der Waals surface area contributed by atoms with Gasteiger partial charge < -0.3 is 5.11 Å². The summed E-state index contributed by atoms with van der Waals surface area (Å²) in [5.41, 5.74) is 0. The molecule has 0 aromatic heterocycles. The van der Waals surface area contributed by atoms with Crippen LogP contribution in [0.4, 0.5) is 0 Å². The molecule has 0 spiro atoms. The van der Waals surface area contributed by atoms with Gasteiger partial charge in [-0.1, -0.05) is 6.42 Å². The van der Waals surface area contributed by atoms with Gasteiger partial charge in [-0.2, -0.15) is 0 Å². The Hall–Kier alpha value is -0.0800. The molecule has 2 saturated heterocycles. The van der Waals surface area contributed by atoms with Gasteiger partial charge in [0.15, 0.2) is 0 Å². The van der Waals surface area contributed by atoms with Crippen LogP contribution in [0, 0.1) is 5.92 Å². The molecule has 2 bridgehead atoms. The molecule has 2 atom stereocenters. The summed E-state index contributed by atoms with van der Waals surface area (Å²) in [6.45, 7) is 1.34. The van der Waals surface area contributed by atoms with E-state index in [1.807, 2.05) is 0 Å². The monoisotopic (exact) mass is 195 g/mol. The van der Waals surface area contributed by atoms with Crippen LogP contribution in [0.25, 0.3) is 0 Å². The van der Waals surface area contributed by atoms with Gasteiger partial charge in [0, 0.05) is 18.6 Å². The van der Waals surface area contributed by atoms with E-state index in [1.165, 1.54) is 38.6 Å². The zero-order valence-electron chi connectivity index (χ0n) is 8.86. The second kappa shape index (κ2) is 3.49. The van der Waals surface area contributed by atoms with E-state index in [2.05, 4.69) is 4.90 Å². The summed E-state index contributed by atoms with van der Waals surface area (Å²) >= 11 is 0. The Morgan fingerprint density at radius 1 is 1.00 bits per heavy atom. The number of nitrogens with zero attached hydrogens (tertiary/aromatic N) is 1. The Morgan fingerprint density at radius 2 is 1.64 bits per heavy atom. The van der Waals surface area contributed by atoms with Gasteiger partial charge >= 0.3 is 0 Å². The topological polar surface area (TPSA) is 23.5 Å². The Labute approximate surface area is 86.3 Å². The predicted octanol–water partition coefficient (Wildman–Crippen LogP) is 1.77. The fourth-order valence-electron chi connectivity index (χ4n) is 3.35. The molecule has 2 heterocycles. The van der Waals surface area contributed by atoms with Crippen molar-refractivity contribution < 1.29 is 5.11 Å². The van der Waals surface area contributed by atoms with Crippen molar-refractivity contribution in [3.8, 4) is 0 Å². The van der Waals surface area contributed by atoms with Crippen molar-refractivity contribution in [2.45, 2.75) is 63.1 Å². The second-order valence-corrected chi connectivity index (χ2v) is 5.50. The number of hydrogen-bond acceptors (Lipinski definition) is 2. The van der Waals surface area contributed by atoms with Gasteiger partial charge in [0.05, 0.1) is 6.10 Å². The van der Waals surface area contributed by atoms with Crippen LogP contribution in [0.5, 0.6) is 0 Å². The molecule has 3 rings (SSSR count). The number of hydrogen-bond donors (Lipinski definition) is 1. The van der Waals surface area contributed by atoms with Gasteiger partial charge in [0.1, 0.15) is 0 Å². The molecule has 3 aliphatic rings. The Bertz CT molecular complexity index is 200. The van der Waals surface area contributed by atoms with Gasteiger partial charge in [-0.25, -0.2) is 0 Å². The lowest BCUT2D eigenvalue weighted by molar-refractivity contribution is -0.0285. The fourth-order valence-corrected chi connectivity index (χ4v) is 3.35. The summed E-state index contributed by atoms with van der Waals surface area (Å²) in [6, 6.07) is 1.44. The predicted molar refractivity (Wildman–Crippen MR) is 56.1 cm³/mol. The minimum Gasteiger partial charge on any atom is -0.393 e. The summed E-state index contributed by atoms with van der Waals surface area (Å²) in [5.74, 6) is 1.01. The van der Waals surface area contributed by atoms with E-state index in [0.717, 1.165) is 30.8 Å². The lowest BCUT2D eigenvalue weighted by atomic mass is 9.83. The Balaban J connectivity index is 1.68. The molecule has 3 fully saturated rings. The molecule has 1 saturated carbocycles. The van der Waals surface area contributed by atoms with Crippen LogP contribution in [-0.4, -0.2) is 34.7 Å². The Kier molecular flexibility index (Phi) is 2.29. The molecular formula is C12H21NO. The van der Waals surface area contributed by atoms with E-state index in [-0.39, 0.29) is 6.10 Å². The maximum absolute atomic E-state index is 9.76. The van der Waals surface area contributed by atoms with Crippen LogP contribution in [0.1, 0.15) is 44.9 Å². The molecule has 2 nitrogen and oxygen atoms in total. The van der Waals surface area contributed by atoms with Crippen molar-refractivity contribution in [1.29, 1.82) is 0 Å². The summed E-state index contributed by atoms with van der Waals surface area (Å²) in [7, 11) is 0. The van der Waals surface area contributed by atoms with E-state index in [4.69, 9.17) is 0 Å². The van der Waals surface area contributed by atoms with Crippen molar-refractivity contribution >= 4 is 0 Å². The smallest absolute Gasteiger partial charge is 0.0570 e. The van der Waals surface area contributed by atoms with Gasteiger partial charge in [-0.3, -0.25) is 4.90 Å². The molecule has 0 unspecified atom stereocenters. The molecule has 14 heavy (non-hydrogen) atoms. The number of aliphatic hydroxyl groups is 1. The summed E-state index contributed by atoms with van der Waals surface area (Å²) in [6.07, 6.45) is 9.06. The van der Waals surface area contributed by atoms with Crippen molar-refractivity contribution in [2.75, 3.05) is 6.54 Å². The molecule has 0 amide bonds. The third-order valence-corrected chi connectivity index (χ3v) is 4.27. The largest absolute Gasteiger partial charge is 0.393 e. The average molecular weight is 195 g/mol. The zero-order chi connectivity index (χ0) is 9.54. The lowest BCUT2D eigenvalue weighted by Crippen LogP contribution is -2.53. The number of rotatable bonds is 2. The average Bonchev–Trinajstić information content (AvgIpc) is 2.90. The fraction of sp³-hybridized carbons (Fsp3) is 1.00. The molecule has 1 N–H and O–H groups in total. The molecule has 2 aliphatic heterocycles. The van der Waals surface area contributed by atoms with Crippen molar-refractivity contribution in [3.63, 3.8) is 0 Å². The second-order valence-electron chi connectivity index (χ2n) is 5.50. The van der Waals surface area contributed by atoms with Crippen molar-refractivity contribution in [1.82, 2.24) is 4.90 Å². The maximum Gasteiger partial charge on any atom is 0.0570 e. The first-order chi connectivity index (χ1) is 6.83. The van der Waals surface area contributed by atoms with Crippen LogP contribution < -0.4 is 0 Å². The SMILES string of the molecule is OC1C[C@@H]2CCC[C@@H](C1)N2CC1CC1. The first-order valence-electron chi connectivity index (χ1n) is 6.27. The molecule has 2 heteroatoms. The van der Waals surface area contributed by atoms with Crippen LogP contribution in [0.2, 0.25) is 0 Å². The van der Waals surface area contributed by atoms with Gasteiger partial charge in [-0.05, 0) is 44.4 Å². The van der Waals surface area contributed by atoms with Gasteiger partial charge in [0.25, 0.3) is 0 Å². The highest BCUT2D eigenvalue weighted by Gasteiger charge is 2.39. The molecule has 1 aliphatic carbocycles. The summed E-state index contributed by atoms with van der Waals surface area (Å²) in [4.78, 5) is 2.73. The number of piperidine rings is 2. The maximum atomic E-state index is 9.76. The molecule has 80 valence electrons. The van der Waals surface area contributed by atoms with E-state index in [9.17, 15) is 5.11 Å². The highest BCUT2D eigenvalue weighted by Crippen LogP contribution is 2.38. The van der Waals surface area contributed by atoms with Crippen LogP contribution in [0.15, 0.2) is 0 Å². The van der Waals surface area contributed by atoms with E-state index in [1.54, 1.807) is 0 Å². The highest BCUT2D eigenvalue weighted by molar-refractivity contribution is 4.94.